The lowest BCUT2D eigenvalue weighted by Crippen LogP contribution is -2.41. The molecule has 0 spiro atoms. The Morgan fingerprint density at radius 1 is 1.26 bits per heavy atom. The van der Waals surface area contributed by atoms with Crippen LogP contribution in [0.25, 0.3) is 0 Å². The Hall–Kier alpha value is -2.34. The van der Waals surface area contributed by atoms with Crippen LogP contribution < -0.4 is 10.6 Å². The van der Waals surface area contributed by atoms with Crippen molar-refractivity contribution in [3.63, 3.8) is 0 Å². The minimum absolute atomic E-state index is 0.148. The summed E-state index contributed by atoms with van der Waals surface area (Å²) in [5, 5.41) is 14.6. The van der Waals surface area contributed by atoms with Crippen molar-refractivity contribution >= 4 is 17.6 Å². The van der Waals surface area contributed by atoms with Gasteiger partial charge in [0.1, 0.15) is 0 Å². The SMILES string of the molecule is C=CCNC(=O)c1ccc(NC(=O)N2CCC(CO)CC2)cc1. The molecule has 2 rings (SSSR count). The van der Waals surface area contributed by atoms with Gasteiger partial charge in [-0.3, -0.25) is 4.79 Å². The Labute approximate surface area is 136 Å². The first kappa shape index (κ1) is 17.0. The van der Waals surface area contributed by atoms with E-state index in [4.69, 9.17) is 5.11 Å². The molecule has 124 valence electrons. The number of benzene rings is 1. The summed E-state index contributed by atoms with van der Waals surface area (Å²) in [4.78, 5) is 25.7. The van der Waals surface area contributed by atoms with Crippen LogP contribution in [0.3, 0.4) is 0 Å². The molecule has 0 saturated carbocycles. The lowest BCUT2D eigenvalue weighted by atomic mass is 9.98. The predicted molar refractivity (Wildman–Crippen MR) is 89.4 cm³/mol. The molecule has 0 radical (unpaired) electrons. The number of nitrogens with one attached hydrogen (secondary N) is 2. The highest BCUT2D eigenvalue weighted by atomic mass is 16.3. The van der Waals surface area contributed by atoms with Gasteiger partial charge in [0.15, 0.2) is 0 Å². The molecule has 0 aromatic heterocycles. The number of amides is 3. The van der Waals surface area contributed by atoms with E-state index in [1.807, 2.05) is 0 Å². The Morgan fingerprint density at radius 3 is 2.48 bits per heavy atom. The molecule has 6 nitrogen and oxygen atoms in total. The molecule has 1 aromatic carbocycles. The molecule has 3 amide bonds. The number of carbonyl (C=O) groups is 2. The fourth-order valence-electron chi connectivity index (χ4n) is 2.49. The molecule has 0 aliphatic carbocycles. The van der Waals surface area contributed by atoms with Crippen LogP contribution in [0.5, 0.6) is 0 Å². The van der Waals surface area contributed by atoms with Crippen molar-refractivity contribution in [2.45, 2.75) is 12.8 Å². The lowest BCUT2D eigenvalue weighted by Gasteiger charge is -2.31. The number of aliphatic hydroxyl groups is 1. The zero-order chi connectivity index (χ0) is 16.7. The van der Waals surface area contributed by atoms with Gasteiger partial charge in [-0.25, -0.2) is 4.79 Å². The quantitative estimate of drug-likeness (QED) is 0.725. The zero-order valence-corrected chi connectivity index (χ0v) is 13.1. The average molecular weight is 317 g/mol. The Kier molecular flexibility index (Phi) is 6.17. The van der Waals surface area contributed by atoms with Gasteiger partial charge in [0.05, 0.1) is 0 Å². The highest BCUT2D eigenvalue weighted by molar-refractivity contribution is 5.95. The number of hydrogen-bond donors (Lipinski definition) is 3. The van der Waals surface area contributed by atoms with Crippen molar-refractivity contribution in [1.82, 2.24) is 10.2 Å². The van der Waals surface area contributed by atoms with Gasteiger partial charge in [-0.15, -0.1) is 6.58 Å². The van der Waals surface area contributed by atoms with Crippen LogP contribution in [-0.4, -0.2) is 48.2 Å². The topological polar surface area (TPSA) is 81.7 Å². The maximum absolute atomic E-state index is 12.2. The molecule has 0 unspecified atom stereocenters. The van der Waals surface area contributed by atoms with Crippen molar-refractivity contribution in [2.75, 3.05) is 31.6 Å². The number of anilines is 1. The minimum atomic E-state index is -0.172. The maximum Gasteiger partial charge on any atom is 0.321 e. The second kappa shape index (κ2) is 8.33. The molecule has 1 aliphatic heterocycles. The van der Waals surface area contributed by atoms with Crippen LogP contribution in [0.2, 0.25) is 0 Å². The highest BCUT2D eigenvalue weighted by Crippen LogP contribution is 2.18. The summed E-state index contributed by atoms with van der Waals surface area (Å²) in [6.07, 6.45) is 3.27. The Balaban J connectivity index is 1.87. The number of nitrogens with zero attached hydrogens (tertiary/aromatic N) is 1. The van der Waals surface area contributed by atoms with Crippen molar-refractivity contribution in [2.24, 2.45) is 5.92 Å². The van der Waals surface area contributed by atoms with E-state index in [1.54, 1.807) is 35.2 Å². The van der Waals surface area contributed by atoms with Gasteiger partial charge in [0.25, 0.3) is 5.91 Å². The van der Waals surface area contributed by atoms with Crippen molar-refractivity contribution in [3.05, 3.63) is 42.5 Å². The molecule has 0 bridgehead atoms. The van der Waals surface area contributed by atoms with E-state index in [1.165, 1.54) is 0 Å². The fourth-order valence-corrected chi connectivity index (χ4v) is 2.49. The van der Waals surface area contributed by atoms with Crippen LogP contribution in [0.1, 0.15) is 23.2 Å². The number of aliphatic hydroxyl groups excluding tert-OH is 1. The molecule has 1 saturated heterocycles. The van der Waals surface area contributed by atoms with Crippen LogP contribution in [0.4, 0.5) is 10.5 Å². The van der Waals surface area contributed by atoms with E-state index in [-0.39, 0.29) is 18.5 Å². The number of likely N-dealkylation sites (tertiary alicyclic amines) is 1. The number of rotatable bonds is 5. The van der Waals surface area contributed by atoms with Crippen molar-refractivity contribution < 1.29 is 14.7 Å². The monoisotopic (exact) mass is 317 g/mol. The molecular weight excluding hydrogens is 294 g/mol. The zero-order valence-electron chi connectivity index (χ0n) is 13.1. The average Bonchev–Trinajstić information content (AvgIpc) is 2.60. The third-order valence-electron chi connectivity index (χ3n) is 3.97. The van der Waals surface area contributed by atoms with Crippen molar-refractivity contribution in [3.8, 4) is 0 Å². The minimum Gasteiger partial charge on any atom is -0.396 e. The van der Waals surface area contributed by atoms with E-state index in [0.29, 0.717) is 36.8 Å². The van der Waals surface area contributed by atoms with Gasteiger partial charge in [-0.2, -0.15) is 0 Å². The molecule has 1 aliphatic rings. The summed E-state index contributed by atoms with van der Waals surface area (Å²) < 4.78 is 0. The van der Waals surface area contributed by atoms with Crippen LogP contribution in [-0.2, 0) is 0 Å². The first-order valence-electron chi connectivity index (χ1n) is 7.80. The molecular formula is C17H23N3O3. The van der Waals surface area contributed by atoms with Gasteiger partial charge in [0, 0.05) is 37.5 Å². The Bertz CT molecular complexity index is 549. The van der Waals surface area contributed by atoms with E-state index in [2.05, 4.69) is 17.2 Å². The highest BCUT2D eigenvalue weighted by Gasteiger charge is 2.22. The van der Waals surface area contributed by atoms with Crippen molar-refractivity contribution in [1.29, 1.82) is 0 Å². The third kappa shape index (κ3) is 4.82. The molecule has 23 heavy (non-hydrogen) atoms. The summed E-state index contributed by atoms with van der Waals surface area (Å²) in [5.74, 6) is 0.126. The third-order valence-corrected chi connectivity index (χ3v) is 3.97. The smallest absolute Gasteiger partial charge is 0.321 e. The first-order chi connectivity index (χ1) is 11.1. The molecule has 1 aromatic rings. The second-order valence-electron chi connectivity index (χ2n) is 5.62. The van der Waals surface area contributed by atoms with Gasteiger partial charge < -0.3 is 20.6 Å². The summed E-state index contributed by atoms with van der Waals surface area (Å²) in [6.45, 7) is 5.45. The summed E-state index contributed by atoms with van der Waals surface area (Å²) >= 11 is 0. The van der Waals surface area contributed by atoms with Crippen LogP contribution in [0.15, 0.2) is 36.9 Å². The molecule has 1 fully saturated rings. The summed E-state index contributed by atoms with van der Waals surface area (Å²) in [7, 11) is 0. The number of piperidine rings is 1. The largest absolute Gasteiger partial charge is 0.396 e. The number of hydrogen-bond acceptors (Lipinski definition) is 3. The number of urea groups is 1. The standard InChI is InChI=1S/C17H23N3O3/c1-2-9-18-16(22)14-3-5-15(6-4-14)19-17(23)20-10-7-13(12-21)8-11-20/h2-6,13,21H,1,7-12H2,(H,18,22)(H,19,23). The Morgan fingerprint density at radius 2 is 1.91 bits per heavy atom. The van der Waals surface area contributed by atoms with Gasteiger partial charge in [0.2, 0.25) is 0 Å². The van der Waals surface area contributed by atoms with E-state index >= 15 is 0 Å². The van der Waals surface area contributed by atoms with E-state index in [0.717, 1.165) is 12.8 Å². The molecule has 1 heterocycles. The van der Waals surface area contributed by atoms with Gasteiger partial charge in [-0.1, -0.05) is 6.08 Å². The van der Waals surface area contributed by atoms with E-state index < -0.39 is 0 Å². The summed E-state index contributed by atoms with van der Waals surface area (Å²) in [6, 6.07) is 6.62. The predicted octanol–water partition coefficient (Wildman–Crippen LogP) is 1.84. The van der Waals surface area contributed by atoms with Crippen LogP contribution >= 0.6 is 0 Å². The summed E-state index contributed by atoms with van der Waals surface area (Å²) in [5.41, 5.74) is 1.19. The fraction of sp³-hybridized carbons (Fsp3) is 0.412. The number of carbonyl (C=O) groups excluding carboxylic acids is 2. The molecule has 3 N–H and O–H groups in total. The maximum atomic E-state index is 12.2. The second-order valence-corrected chi connectivity index (χ2v) is 5.62. The van der Waals surface area contributed by atoms with E-state index in [9.17, 15) is 9.59 Å². The van der Waals surface area contributed by atoms with Gasteiger partial charge >= 0.3 is 6.03 Å². The van der Waals surface area contributed by atoms with Gasteiger partial charge in [-0.05, 0) is 43.0 Å². The first-order valence-corrected chi connectivity index (χ1v) is 7.80. The normalized spacial score (nSPS) is 15.1. The molecule has 6 heteroatoms. The lowest BCUT2D eigenvalue weighted by molar-refractivity contribution is 0.0958. The van der Waals surface area contributed by atoms with Crippen LogP contribution in [0, 0.1) is 5.92 Å². The molecule has 0 atom stereocenters.